The SMILES string of the molecule is CC.CCCCC(CC)c1ccc(C)c(CC)c1.CCCCCCC. The second-order valence-corrected chi connectivity index (χ2v) is 6.85. The van der Waals surface area contributed by atoms with Crippen molar-refractivity contribution in [3.63, 3.8) is 0 Å². The second-order valence-electron chi connectivity index (χ2n) is 6.85. The fraction of sp³-hybridized carbons (Fsp3) is 0.760. The molecule has 0 saturated heterocycles. The molecule has 1 unspecified atom stereocenters. The summed E-state index contributed by atoms with van der Waals surface area (Å²) in [7, 11) is 0. The molecule has 0 bridgehead atoms. The zero-order valence-electron chi connectivity index (χ0n) is 18.9. The third kappa shape index (κ3) is 13.1. The van der Waals surface area contributed by atoms with Gasteiger partial charge in [0.15, 0.2) is 0 Å². The van der Waals surface area contributed by atoms with Crippen LogP contribution >= 0.6 is 0 Å². The van der Waals surface area contributed by atoms with E-state index in [1.54, 1.807) is 5.56 Å². The third-order valence-electron chi connectivity index (χ3n) is 4.83. The van der Waals surface area contributed by atoms with Gasteiger partial charge >= 0.3 is 0 Å². The van der Waals surface area contributed by atoms with E-state index in [-0.39, 0.29) is 0 Å². The van der Waals surface area contributed by atoms with Crippen molar-refractivity contribution in [3.8, 4) is 0 Å². The van der Waals surface area contributed by atoms with Gasteiger partial charge < -0.3 is 0 Å². The van der Waals surface area contributed by atoms with E-state index in [4.69, 9.17) is 0 Å². The Morgan fingerprint density at radius 2 is 1.32 bits per heavy atom. The van der Waals surface area contributed by atoms with Crippen LogP contribution in [0.5, 0.6) is 0 Å². The summed E-state index contributed by atoms with van der Waals surface area (Å²) in [4.78, 5) is 0. The molecule has 0 aliphatic carbocycles. The normalized spacial score (nSPS) is 11.0. The summed E-state index contributed by atoms with van der Waals surface area (Å²) in [5.41, 5.74) is 4.52. The fourth-order valence-corrected chi connectivity index (χ4v) is 3.06. The Morgan fingerprint density at radius 3 is 1.76 bits per heavy atom. The fourth-order valence-electron chi connectivity index (χ4n) is 3.06. The second kappa shape index (κ2) is 19.5. The van der Waals surface area contributed by atoms with Gasteiger partial charge in [-0.2, -0.15) is 0 Å². The summed E-state index contributed by atoms with van der Waals surface area (Å²) in [5.74, 6) is 0.769. The van der Waals surface area contributed by atoms with Crippen LogP contribution in [0.15, 0.2) is 18.2 Å². The molecule has 0 spiro atoms. The molecule has 148 valence electrons. The molecular weight excluding hydrogens is 300 g/mol. The van der Waals surface area contributed by atoms with Crippen molar-refractivity contribution in [3.05, 3.63) is 34.9 Å². The molecule has 0 aromatic heterocycles. The Kier molecular flexibility index (Phi) is 20.7. The highest BCUT2D eigenvalue weighted by molar-refractivity contribution is 5.33. The van der Waals surface area contributed by atoms with Crippen molar-refractivity contribution in [2.45, 2.75) is 126 Å². The topological polar surface area (TPSA) is 0 Å². The molecule has 0 fully saturated rings. The molecule has 0 heterocycles. The summed E-state index contributed by atoms with van der Waals surface area (Å²) in [6, 6.07) is 7.06. The lowest BCUT2D eigenvalue weighted by atomic mass is 9.89. The maximum absolute atomic E-state index is 2.43. The molecule has 0 N–H and O–H groups in total. The molecule has 0 aliphatic rings. The molecule has 1 aromatic rings. The van der Waals surface area contributed by atoms with Gasteiger partial charge in [-0.3, -0.25) is 0 Å². The van der Waals surface area contributed by atoms with E-state index in [1.807, 2.05) is 13.8 Å². The summed E-state index contributed by atoms with van der Waals surface area (Å²) in [6.07, 6.45) is 13.4. The standard InChI is InChI=1S/C16H26.C7H16.C2H6/c1-5-8-9-14(6-2)16-11-10-13(4)15(7-3)12-16;1-3-5-7-6-4-2;1-2/h10-12,14H,5-9H2,1-4H3;3-7H2,1-2H3;1-2H3. The van der Waals surface area contributed by atoms with Crippen molar-refractivity contribution >= 4 is 0 Å². The molecule has 0 saturated carbocycles. The number of unbranched alkanes of at least 4 members (excludes halogenated alkanes) is 5. The first-order chi connectivity index (χ1) is 12.1. The van der Waals surface area contributed by atoms with Crippen LogP contribution in [0.3, 0.4) is 0 Å². The van der Waals surface area contributed by atoms with Crippen LogP contribution < -0.4 is 0 Å². The van der Waals surface area contributed by atoms with Crippen LogP contribution in [-0.2, 0) is 6.42 Å². The Hall–Kier alpha value is -0.780. The van der Waals surface area contributed by atoms with Gasteiger partial charge in [0.2, 0.25) is 0 Å². The smallest absolute Gasteiger partial charge is 0.0164 e. The third-order valence-corrected chi connectivity index (χ3v) is 4.83. The largest absolute Gasteiger partial charge is 0.0683 e. The summed E-state index contributed by atoms with van der Waals surface area (Å²) in [6.45, 7) is 17.5. The van der Waals surface area contributed by atoms with Crippen molar-refractivity contribution in [2.24, 2.45) is 0 Å². The first-order valence-electron chi connectivity index (χ1n) is 11.2. The van der Waals surface area contributed by atoms with E-state index in [0.29, 0.717) is 0 Å². The molecule has 1 rings (SSSR count). The van der Waals surface area contributed by atoms with E-state index in [2.05, 4.69) is 59.7 Å². The number of hydrogen-bond donors (Lipinski definition) is 0. The van der Waals surface area contributed by atoms with E-state index in [0.717, 1.165) is 12.3 Å². The average molecular weight is 349 g/mol. The minimum absolute atomic E-state index is 0.769. The lowest BCUT2D eigenvalue weighted by Crippen LogP contribution is -1.99. The molecule has 1 aromatic carbocycles. The first kappa shape index (κ1) is 26.4. The number of hydrogen-bond acceptors (Lipinski definition) is 0. The molecule has 0 radical (unpaired) electrons. The highest BCUT2D eigenvalue weighted by Gasteiger charge is 2.09. The van der Waals surface area contributed by atoms with E-state index in [9.17, 15) is 0 Å². The Bertz CT molecular complexity index is 374. The highest BCUT2D eigenvalue weighted by Crippen LogP contribution is 2.27. The van der Waals surface area contributed by atoms with Crippen LogP contribution in [0.2, 0.25) is 0 Å². The predicted molar refractivity (Wildman–Crippen MR) is 119 cm³/mol. The van der Waals surface area contributed by atoms with Crippen molar-refractivity contribution in [1.82, 2.24) is 0 Å². The maximum Gasteiger partial charge on any atom is -0.0164 e. The van der Waals surface area contributed by atoms with Gasteiger partial charge in [0.1, 0.15) is 0 Å². The van der Waals surface area contributed by atoms with E-state index < -0.39 is 0 Å². The number of benzene rings is 1. The van der Waals surface area contributed by atoms with Crippen LogP contribution in [-0.4, -0.2) is 0 Å². The molecule has 1 atom stereocenters. The molecule has 0 aliphatic heterocycles. The first-order valence-corrected chi connectivity index (χ1v) is 11.2. The van der Waals surface area contributed by atoms with Gasteiger partial charge in [0, 0.05) is 0 Å². The monoisotopic (exact) mass is 348 g/mol. The summed E-state index contributed by atoms with van der Waals surface area (Å²) < 4.78 is 0. The zero-order valence-corrected chi connectivity index (χ0v) is 18.9. The zero-order chi connectivity index (χ0) is 19.5. The van der Waals surface area contributed by atoms with Gasteiger partial charge in [-0.25, -0.2) is 0 Å². The van der Waals surface area contributed by atoms with Gasteiger partial charge in [-0.1, -0.05) is 112 Å². The van der Waals surface area contributed by atoms with Crippen molar-refractivity contribution in [2.75, 3.05) is 0 Å². The van der Waals surface area contributed by atoms with Crippen LogP contribution in [0.25, 0.3) is 0 Å². The lowest BCUT2D eigenvalue weighted by molar-refractivity contribution is 0.569. The van der Waals surface area contributed by atoms with Crippen LogP contribution in [0.1, 0.15) is 129 Å². The summed E-state index contributed by atoms with van der Waals surface area (Å²) in [5, 5.41) is 0. The van der Waals surface area contributed by atoms with Crippen molar-refractivity contribution < 1.29 is 0 Å². The van der Waals surface area contributed by atoms with Gasteiger partial charge in [0.25, 0.3) is 0 Å². The quantitative estimate of drug-likeness (QED) is 0.369. The van der Waals surface area contributed by atoms with Crippen LogP contribution in [0, 0.1) is 6.92 Å². The highest BCUT2D eigenvalue weighted by atomic mass is 14.1. The van der Waals surface area contributed by atoms with Gasteiger partial charge in [0.05, 0.1) is 0 Å². The Morgan fingerprint density at radius 1 is 0.760 bits per heavy atom. The maximum atomic E-state index is 2.43. The minimum Gasteiger partial charge on any atom is -0.0683 e. The van der Waals surface area contributed by atoms with E-state index in [1.165, 1.54) is 68.9 Å². The molecule has 0 heteroatoms. The Labute approximate surface area is 160 Å². The molecule has 0 nitrogen and oxygen atoms in total. The molecule has 25 heavy (non-hydrogen) atoms. The van der Waals surface area contributed by atoms with Crippen LogP contribution in [0.4, 0.5) is 0 Å². The minimum atomic E-state index is 0.769. The van der Waals surface area contributed by atoms with Gasteiger partial charge in [-0.05, 0) is 48.8 Å². The lowest BCUT2D eigenvalue weighted by Gasteiger charge is -2.17. The molecular formula is C25H48. The van der Waals surface area contributed by atoms with E-state index >= 15 is 0 Å². The Balaban J connectivity index is 0. The average Bonchev–Trinajstić information content (AvgIpc) is 2.66. The predicted octanol–water partition coefficient (Wildman–Crippen LogP) is 9.24. The number of rotatable bonds is 10. The van der Waals surface area contributed by atoms with Gasteiger partial charge in [-0.15, -0.1) is 0 Å². The van der Waals surface area contributed by atoms with Crippen molar-refractivity contribution in [1.29, 1.82) is 0 Å². The molecule has 0 amide bonds. The summed E-state index contributed by atoms with van der Waals surface area (Å²) >= 11 is 0. The number of aryl methyl sites for hydroxylation is 2.